The summed E-state index contributed by atoms with van der Waals surface area (Å²) in [4.78, 5) is 14.3. The van der Waals surface area contributed by atoms with Crippen molar-refractivity contribution in [2.24, 2.45) is 10.8 Å². The summed E-state index contributed by atoms with van der Waals surface area (Å²) in [7, 11) is 0. The van der Waals surface area contributed by atoms with Gasteiger partial charge >= 0.3 is 0 Å². The summed E-state index contributed by atoms with van der Waals surface area (Å²) in [5, 5.41) is 1.54. The summed E-state index contributed by atoms with van der Waals surface area (Å²) in [5.41, 5.74) is 4.58. The van der Waals surface area contributed by atoms with E-state index in [1.807, 2.05) is 0 Å². The molecule has 164 valence electrons. The third kappa shape index (κ3) is 3.66. The van der Waals surface area contributed by atoms with Crippen molar-refractivity contribution in [3.8, 4) is 11.1 Å². The normalized spacial score (nSPS) is 25.0. The summed E-state index contributed by atoms with van der Waals surface area (Å²) < 4.78 is 0. The molecule has 2 atom stereocenters. The van der Waals surface area contributed by atoms with Gasteiger partial charge in [0.2, 0.25) is 5.28 Å². The molecule has 1 aliphatic carbocycles. The molecule has 1 aromatic carbocycles. The van der Waals surface area contributed by atoms with Crippen LogP contribution in [0.2, 0.25) is 5.28 Å². The molecule has 3 aromatic rings. The van der Waals surface area contributed by atoms with Crippen molar-refractivity contribution in [2.45, 2.75) is 72.8 Å². The molecule has 2 fully saturated rings. The molecule has 0 N–H and O–H groups in total. The van der Waals surface area contributed by atoms with Crippen molar-refractivity contribution in [1.82, 2.24) is 9.97 Å². The van der Waals surface area contributed by atoms with Gasteiger partial charge in [-0.2, -0.15) is 4.98 Å². The zero-order valence-corrected chi connectivity index (χ0v) is 21.0. The van der Waals surface area contributed by atoms with Gasteiger partial charge in [-0.25, -0.2) is 4.98 Å². The molecule has 2 aliphatic rings. The predicted octanol–water partition coefficient (Wildman–Crippen LogP) is 7.85. The molecule has 0 amide bonds. The minimum absolute atomic E-state index is 0.334. The minimum atomic E-state index is 0.334. The maximum atomic E-state index is 6.46. The van der Waals surface area contributed by atoms with Crippen LogP contribution in [0.15, 0.2) is 24.3 Å². The van der Waals surface area contributed by atoms with Gasteiger partial charge in [-0.15, -0.1) is 11.3 Å². The Morgan fingerprint density at radius 1 is 1.10 bits per heavy atom. The van der Waals surface area contributed by atoms with Crippen LogP contribution in [0.4, 0.5) is 5.82 Å². The van der Waals surface area contributed by atoms with Crippen LogP contribution in [0.25, 0.3) is 21.3 Å². The number of aryl methyl sites for hydroxylation is 1. The van der Waals surface area contributed by atoms with Crippen LogP contribution in [-0.2, 0) is 0 Å². The van der Waals surface area contributed by atoms with Crippen LogP contribution >= 0.6 is 22.9 Å². The molecule has 5 heteroatoms. The number of anilines is 1. The molecule has 3 heterocycles. The van der Waals surface area contributed by atoms with E-state index in [0.29, 0.717) is 28.1 Å². The first kappa shape index (κ1) is 21.2. The second kappa shape index (κ2) is 7.18. The van der Waals surface area contributed by atoms with Crippen LogP contribution in [0.1, 0.15) is 70.2 Å². The summed E-state index contributed by atoms with van der Waals surface area (Å²) in [6, 6.07) is 9.54. The highest BCUT2D eigenvalue weighted by Gasteiger charge is 2.50. The largest absolute Gasteiger partial charge is 0.352 e. The number of hydrogen-bond acceptors (Lipinski definition) is 4. The molecule has 1 saturated heterocycles. The Bertz CT molecular complexity index is 1150. The van der Waals surface area contributed by atoms with Gasteiger partial charge in [-0.05, 0) is 65.7 Å². The number of benzene rings is 1. The van der Waals surface area contributed by atoms with E-state index >= 15 is 0 Å². The van der Waals surface area contributed by atoms with Crippen LogP contribution < -0.4 is 4.90 Å². The van der Waals surface area contributed by atoms with Crippen molar-refractivity contribution in [3.05, 3.63) is 40.0 Å². The van der Waals surface area contributed by atoms with Crippen molar-refractivity contribution in [2.75, 3.05) is 11.4 Å². The van der Waals surface area contributed by atoms with Gasteiger partial charge in [-0.3, -0.25) is 0 Å². The number of fused-ring (bicyclic) bond motifs is 3. The molecular formula is C26H32ClN3S. The molecule has 0 radical (unpaired) electrons. The fourth-order valence-electron chi connectivity index (χ4n) is 6.37. The lowest BCUT2D eigenvalue weighted by Crippen LogP contribution is -2.35. The third-order valence-electron chi connectivity index (χ3n) is 7.23. The Balaban J connectivity index is 1.68. The Morgan fingerprint density at radius 3 is 2.48 bits per heavy atom. The Morgan fingerprint density at radius 2 is 1.81 bits per heavy atom. The van der Waals surface area contributed by atoms with Gasteiger partial charge in [0, 0.05) is 23.0 Å². The van der Waals surface area contributed by atoms with Gasteiger partial charge in [0.15, 0.2) is 0 Å². The lowest BCUT2D eigenvalue weighted by Gasteiger charge is -2.39. The molecule has 1 saturated carbocycles. The van der Waals surface area contributed by atoms with Gasteiger partial charge in [0.05, 0.1) is 5.39 Å². The van der Waals surface area contributed by atoms with Crippen molar-refractivity contribution >= 4 is 39.0 Å². The Labute approximate surface area is 194 Å². The van der Waals surface area contributed by atoms with Gasteiger partial charge < -0.3 is 4.90 Å². The average molecular weight is 454 g/mol. The fourth-order valence-corrected chi connectivity index (χ4v) is 7.62. The Kier molecular flexibility index (Phi) is 4.91. The SMILES string of the molecule is Cc1sc2nc(Cl)nc(N3CC4(C)CC3CC(C)(C)C4)c2c1-c1ccc(C(C)C)cc1. The van der Waals surface area contributed by atoms with E-state index in [1.54, 1.807) is 11.3 Å². The van der Waals surface area contributed by atoms with E-state index in [0.717, 1.165) is 17.2 Å². The predicted molar refractivity (Wildman–Crippen MR) is 134 cm³/mol. The van der Waals surface area contributed by atoms with Crippen LogP contribution in [0.5, 0.6) is 0 Å². The zero-order valence-electron chi connectivity index (χ0n) is 19.4. The molecule has 3 nitrogen and oxygen atoms in total. The maximum absolute atomic E-state index is 6.46. The number of hydrogen-bond donors (Lipinski definition) is 0. The first-order chi connectivity index (χ1) is 14.6. The van der Waals surface area contributed by atoms with Gasteiger partial charge in [-0.1, -0.05) is 58.9 Å². The highest BCUT2D eigenvalue weighted by molar-refractivity contribution is 7.19. The fraction of sp³-hybridized carbons (Fsp3) is 0.538. The average Bonchev–Trinajstić information content (AvgIpc) is 3.12. The van der Waals surface area contributed by atoms with E-state index in [4.69, 9.17) is 16.6 Å². The first-order valence-electron chi connectivity index (χ1n) is 11.4. The highest BCUT2D eigenvalue weighted by atomic mass is 35.5. The number of nitrogens with zero attached hydrogens (tertiary/aromatic N) is 3. The standard InChI is InChI=1S/C26H32ClN3S/c1-15(2)17-7-9-18(10-8-17)20-16(3)31-23-21(20)22(28-24(27)29-23)30-14-26(6)12-19(30)11-25(4,5)13-26/h7-10,15,19H,11-14H2,1-6H3. The summed E-state index contributed by atoms with van der Waals surface area (Å²) in [5.74, 6) is 1.56. The molecule has 0 spiro atoms. The van der Waals surface area contributed by atoms with Crippen LogP contribution in [0.3, 0.4) is 0 Å². The number of halogens is 1. The first-order valence-corrected chi connectivity index (χ1v) is 12.6. The van der Waals surface area contributed by atoms with Crippen molar-refractivity contribution < 1.29 is 0 Å². The number of aromatic nitrogens is 2. The summed E-state index contributed by atoms with van der Waals surface area (Å²) in [6.45, 7) is 15.0. The molecule has 5 rings (SSSR count). The van der Waals surface area contributed by atoms with Crippen molar-refractivity contribution in [1.29, 1.82) is 0 Å². The molecule has 31 heavy (non-hydrogen) atoms. The Hall–Kier alpha value is -1.65. The molecule has 2 unspecified atom stereocenters. The van der Waals surface area contributed by atoms with E-state index in [2.05, 4.69) is 75.7 Å². The third-order valence-corrected chi connectivity index (χ3v) is 8.40. The molecule has 2 aromatic heterocycles. The quantitative estimate of drug-likeness (QED) is 0.378. The van der Waals surface area contributed by atoms with E-state index in [-0.39, 0.29) is 0 Å². The van der Waals surface area contributed by atoms with Gasteiger partial charge in [0.25, 0.3) is 0 Å². The number of rotatable bonds is 3. The number of thiophene rings is 1. The van der Waals surface area contributed by atoms with Gasteiger partial charge in [0.1, 0.15) is 10.6 Å². The zero-order chi connectivity index (χ0) is 22.1. The second-order valence-corrected chi connectivity index (χ2v) is 12.7. The van der Waals surface area contributed by atoms with E-state index in [1.165, 1.54) is 46.2 Å². The summed E-state index contributed by atoms with van der Waals surface area (Å²) >= 11 is 8.19. The lowest BCUT2D eigenvalue weighted by atomic mass is 9.65. The lowest BCUT2D eigenvalue weighted by molar-refractivity contribution is 0.136. The molecule has 1 aliphatic heterocycles. The smallest absolute Gasteiger partial charge is 0.225 e. The van der Waals surface area contributed by atoms with Crippen molar-refractivity contribution in [3.63, 3.8) is 0 Å². The maximum Gasteiger partial charge on any atom is 0.225 e. The molecule has 2 bridgehead atoms. The topological polar surface area (TPSA) is 29.0 Å². The van der Waals surface area contributed by atoms with Crippen LogP contribution in [-0.4, -0.2) is 22.6 Å². The second-order valence-electron chi connectivity index (χ2n) is 11.1. The van der Waals surface area contributed by atoms with Crippen LogP contribution in [0, 0.1) is 17.8 Å². The minimum Gasteiger partial charge on any atom is -0.352 e. The van der Waals surface area contributed by atoms with E-state index in [9.17, 15) is 0 Å². The summed E-state index contributed by atoms with van der Waals surface area (Å²) in [6.07, 6.45) is 3.70. The molecular weight excluding hydrogens is 422 g/mol. The highest BCUT2D eigenvalue weighted by Crippen LogP contribution is 2.55. The monoisotopic (exact) mass is 453 g/mol. The van der Waals surface area contributed by atoms with E-state index < -0.39 is 0 Å².